The molecule has 0 aliphatic carbocycles. The monoisotopic (exact) mass is 412 g/mol. The Morgan fingerprint density at radius 3 is 2.55 bits per heavy atom. The van der Waals surface area contributed by atoms with Crippen LogP contribution < -0.4 is 0 Å². The predicted molar refractivity (Wildman–Crippen MR) is 118 cm³/mol. The molecular formula is C25H24N4O2. The number of furan rings is 1. The highest BCUT2D eigenvalue weighted by atomic mass is 16.3. The molecule has 4 aromatic rings. The van der Waals surface area contributed by atoms with Crippen LogP contribution in [0, 0.1) is 0 Å². The summed E-state index contributed by atoms with van der Waals surface area (Å²) in [5.41, 5.74) is 4.96. The zero-order valence-corrected chi connectivity index (χ0v) is 17.2. The van der Waals surface area contributed by atoms with Crippen molar-refractivity contribution in [2.45, 2.75) is 31.7 Å². The first-order chi connectivity index (χ1) is 15.3. The second-order valence-corrected chi connectivity index (χ2v) is 7.95. The smallest absolute Gasteiger partial charge is 0.346 e. The summed E-state index contributed by atoms with van der Waals surface area (Å²) in [5.74, 6) is 0. The molecule has 0 radical (unpaired) electrons. The van der Waals surface area contributed by atoms with Crippen LogP contribution in [0.5, 0.6) is 0 Å². The molecule has 0 saturated carbocycles. The van der Waals surface area contributed by atoms with Crippen LogP contribution >= 0.6 is 0 Å². The standard InChI is InChI=1S/C25H24N4O2/c30-25(28-14-5-4-8-23(28)16-19-6-2-1-3-7-19)29-17-24(26-27-29)21-11-9-20(10-12-21)22-13-15-31-18-22/h1-3,6-7,9-13,15,17-18,23H,4-5,8,14,16H2. The molecule has 1 amide bonds. The van der Waals surface area contributed by atoms with E-state index in [0.717, 1.165) is 48.9 Å². The van der Waals surface area contributed by atoms with E-state index in [2.05, 4.69) is 22.4 Å². The predicted octanol–water partition coefficient (Wildman–Crippen LogP) is 5.27. The summed E-state index contributed by atoms with van der Waals surface area (Å²) in [6, 6.07) is 20.4. The van der Waals surface area contributed by atoms with Crippen molar-refractivity contribution in [2.75, 3.05) is 6.54 Å². The van der Waals surface area contributed by atoms with E-state index in [-0.39, 0.29) is 12.1 Å². The number of carbonyl (C=O) groups is 1. The molecule has 3 heterocycles. The summed E-state index contributed by atoms with van der Waals surface area (Å²) in [7, 11) is 0. The van der Waals surface area contributed by atoms with Crippen molar-refractivity contribution in [1.29, 1.82) is 0 Å². The van der Waals surface area contributed by atoms with Gasteiger partial charge in [-0.2, -0.15) is 4.68 Å². The lowest BCUT2D eigenvalue weighted by molar-refractivity contribution is 0.149. The molecule has 156 valence electrons. The molecule has 0 spiro atoms. The van der Waals surface area contributed by atoms with Crippen molar-refractivity contribution >= 4 is 6.03 Å². The summed E-state index contributed by atoms with van der Waals surface area (Å²) in [6.07, 6.45) is 9.14. The maximum absolute atomic E-state index is 13.2. The molecule has 2 aromatic carbocycles. The first kappa shape index (κ1) is 19.3. The van der Waals surface area contributed by atoms with Crippen molar-refractivity contribution in [1.82, 2.24) is 19.9 Å². The number of benzene rings is 2. The van der Waals surface area contributed by atoms with Crippen LogP contribution in [0.1, 0.15) is 24.8 Å². The Bertz CT molecular complexity index is 1130. The topological polar surface area (TPSA) is 64.2 Å². The number of likely N-dealkylation sites (tertiary alicyclic amines) is 1. The highest BCUT2D eigenvalue weighted by Crippen LogP contribution is 2.25. The highest BCUT2D eigenvalue weighted by molar-refractivity contribution is 5.77. The van der Waals surface area contributed by atoms with Gasteiger partial charge in [0.1, 0.15) is 5.69 Å². The van der Waals surface area contributed by atoms with Crippen LogP contribution in [0.3, 0.4) is 0 Å². The third kappa shape index (κ3) is 4.14. The van der Waals surface area contributed by atoms with Gasteiger partial charge in [-0.05, 0) is 42.9 Å². The van der Waals surface area contributed by atoms with Crippen LogP contribution in [0.15, 0.2) is 83.8 Å². The van der Waals surface area contributed by atoms with Crippen LogP contribution in [-0.2, 0) is 6.42 Å². The maximum atomic E-state index is 13.2. The molecule has 1 aliphatic rings. The third-order valence-corrected chi connectivity index (χ3v) is 5.91. The average molecular weight is 412 g/mol. The Morgan fingerprint density at radius 2 is 1.77 bits per heavy atom. The summed E-state index contributed by atoms with van der Waals surface area (Å²) in [6.45, 7) is 0.755. The Hall–Kier alpha value is -3.67. The van der Waals surface area contributed by atoms with Gasteiger partial charge in [0.05, 0.1) is 18.7 Å². The number of amides is 1. The van der Waals surface area contributed by atoms with Gasteiger partial charge in [0.25, 0.3) is 0 Å². The lowest BCUT2D eigenvalue weighted by Crippen LogP contribution is -2.46. The normalized spacial score (nSPS) is 16.4. The van der Waals surface area contributed by atoms with Crippen molar-refractivity contribution in [3.63, 3.8) is 0 Å². The summed E-state index contributed by atoms with van der Waals surface area (Å²) in [5, 5.41) is 8.39. The molecular weight excluding hydrogens is 388 g/mol. The Kier molecular flexibility index (Phi) is 5.35. The molecule has 31 heavy (non-hydrogen) atoms. The van der Waals surface area contributed by atoms with Crippen molar-refractivity contribution < 1.29 is 9.21 Å². The van der Waals surface area contributed by atoms with Gasteiger partial charge in [-0.25, -0.2) is 4.79 Å². The van der Waals surface area contributed by atoms with E-state index in [0.29, 0.717) is 5.69 Å². The van der Waals surface area contributed by atoms with E-state index < -0.39 is 0 Å². The van der Waals surface area contributed by atoms with Crippen molar-refractivity contribution in [2.24, 2.45) is 0 Å². The zero-order valence-electron chi connectivity index (χ0n) is 17.2. The van der Waals surface area contributed by atoms with E-state index in [1.165, 1.54) is 10.2 Å². The molecule has 6 heteroatoms. The molecule has 1 unspecified atom stereocenters. The summed E-state index contributed by atoms with van der Waals surface area (Å²) >= 11 is 0. The lowest BCUT2D eigenvalue weighted by Gasteiger charge is -2.35. The van der Waals surface area contributed by atoms with Crippen LogP contribution in [0.2, 0.25) is 0 Å². The van der Waals surface area contributed by atoms with Crippen molar-refractivity contribution in [3.8, 4) is 22.4 Å². The van der Waals surface area contributed by atoms with Gasteiger partial charge in [0.15, 0.2) is 0 Å². The summed E-state index contributed by atoms with van der Waals surface area (Å²) < 4.78 is 6.53. The number of aromatic nitrogens is 3. The molecule has 1 fully saturated rings. The first-order valence-electron chi connectivity index (χ1n) is 10.7. The Balaban J connectivity index is 1.33. The minimum absolute atomic E-state index is 0.102. The van der Waals surface area contributed by atoms with Crippen molar-refractivity contribution in [3.05, 3.63) is 85.0 Å². The number of carbonyl (C=O) groups excluding carboxylic acids is 1. The minimum atomic E-state index is -0.102. The van der Waals surface area contributed by atoms with E-state index in [1.807, 2.05) is 53.4 Å². The molecule has 0 N–H and O–H groups in total. The molecule has 6 nitrogen and oxygen atoms in total. The molecule has 2 aromatic heterocycles. The van der Waals surface area contributed by atoms with Gasteiger partial charge in [0.2, 0.25) is 0 Å². The van der Waals surface area contributed by atoms with E-state index in [9.17, 15) is 4.79 Å². The van der Waals surface area contributed by atoms with E-state index in [4.69, 9.17) is 4.42 Å². The quantitative estimate of drug-likeness (QED) is 0.458. The van der Waals surface area contributed by atoms with E-state index in [1.54, 1.807) is 18.7 Å². The fraction of sp³-hybridized carbons (Fsp3) is 0.240. The minimum Gasteiger partial charge on any atom is -0.472 e. The van der Waals surface area contributed by atoms with Gasteiger partial charge in [-0.3, -0.25) is 0 Å². The van der Waals surface area contributed by atoms with Crippen LogP contribution in [0.25, 0.3) is 22.4 Å². The number of nitrogens with zero attached hydrogens (tertiary/aromatic N) is 4. The Labute approximate surface area is 181 Å². The number of rotatable bonds is 4. The number of piperidine rings is 1. The Morgan fingerprint density at radius 1 is 0.968 bits per heavy atom. The fourth-order valence-electron chi connectivity index (χ4n) is 4.23. The SMILES string of the molecule is O=C(N1CCCCC1Cc1ccccc1)n1cc(-c2ccc(-c3ccoc3)cc2)nn1. The van der Waals surface area contributed by atoms with Crippen LogP contribution in [-0.4, -0.2) is 38.5 Å². The van der Waals surface area contributed by atoms with Crippen LogP contribution in [0.4, 0.5) is 4.79 Å². The molecule has 5 rings (SSSR count). The van der Waals surface area contributed by atoms with Gasteiger partial charge in [-0.15, -0.1) is 5.10 Å². The maximum Gasteiger partial charge on any atom is 0.346 e. The van der Waals surface area contributed by atoms with E-state index >= 15 is 0 Å². The van der Waals surface area contributed by atoms with Gasteiger partial charge >= 0.3 is 6.03 Å². The third-order valence-electron chi connectivity index (χ3n) is 5.91. The second-order valence-electron chi connectivity index (χ2n) is 7.95. The summed E-state index contributed by atoms with van der Waals surface area (Å²) in [4.78, 5) is 15.2. The first-order valence-corrected chi connectivity index (χ1v) is 10.7. The number of hydrogen-bond donors (Lipinski definition) is 0. The second kappa shape index (κ2) is 8.60. The van der Waals surface area contributed by atoms with Gasteiger partial charge < -0.3 is 9.32 Å². The fourth-order valence-corrected chi connectivity index (χ4v) is 4.23. The molecule has 0 bridgehead atoms. The zero-order chi connectivity index (χ0) is 21.0. The highest BCUT2D eigenvalue weighted by Gasteiger charge is 2.28. The number of hydrogen-bond acceptors (Lipinski definition) is 4. The molecule has 1 saturated heterocycles. The average Bonchev–Trinajstić information content (AvgIpc) is 3.53. The molecule has 1 aliphatic heterocycles. The van der Waals surface area contributed by atoms with Gasteiger partial charge in [-0.1, -0.05) is 59.8 Å². The largest absolute Gasteiger partial charge is 0.472 e. The van der Waals surface area contributed by atoms with Gasteiger partial charge in [0, 0.05) is 23.7 Å². The lowest BCUT2D eigenvalue weighted by atomic mass is 9.96. The molecule has 1 atom stereocenters.